The van der Waals surface area contributed by atoms with Gasteiger partial charge >= 0.3 is 0 Å². The van der Waals surface area contributed by atoms with E-state index < -0.39 is 0 Å². The van der Waals surface area contributed by atoms with Crippen LogP contribution in [0.25, 0.3) is 0 Å². The second-order valence-electron chi connectivity index (χ2n) is 7.84. The first-order chi connectivity index (χ1) is 12.0. The van der Waals surface area contributed by atoms with Gasteiger partial charge in [-0.05, 0) is 69.8 Å². The Hall–Kier alpha value is -0.810. The molecular formula is C21H37Cl2N3O. The molecule has 0 saturated carbocycles. The molecule has 2 rings (SSSR count). The van der Waals surface area contributed by atoms with Crippen LogP contribution in [0.5, 0.6) is 0 Å². The normalized spacial score (nSPS) is 17.8. The molecule has 0 spiro atoms. The summed E-state index contributed by atoms with van der Waals surface area (Å²) in [5.74, 6) is 1.24. The molecule has 27 heavy (non-hydrogen) atoms. The van der Waals surface area contributed by atoms with Crippen LogP contribution in [-0.2, 0) is 17.9 Å². The van der Waals surface area contributed by atoms with Crippen LogP contribution in [-0.4, -0.2) is 37.0 Å². The molecule has 1 aliphatic rings. The largest absolute Gasteiger partial charge is 0.352 e. The van der Waals surface area contributed by atoms with Gasteiger partial charge in [0.1, 0.15) is 0 Å². The van der Waals surface area contributed by atoms with E-state index in [1.54, 1.807) is 0 Å². The molecule has 2 unspecified atom stereocenters. The van der Waals surface area contributed by atoms with E-state index in [4.69, 9.17) is 0 Å². The van der Waals surface area contributed by atoms with Gasteiger partial charge in [-0.1, -0.05) is 31.2 Å². The predicted molar refractivity (Wildman–Crippen MR) is 119 cm³/mol. The molecule has 1 heterocycles. The van der Waals surface area contributed by atoms with Gasteiger partial charge in [0.25, 0.3) is 0 Å². The molecule has 2 N–H and O–H groups in total. The Bertz CT molecular complexity index is 548. The van der Waals surface area contributed by atoms with E-state index in [2.05, 4.69) is 67.6 Å². The van der Waals surface area contributed by atoms with Crippen LogP contribution in [0.2, 0.25) is 0 Å². The second kappa shape index (κ2) is 13.4. The minimum atomic E-state index is 0. The highest BCUT2D eigenvalue weighted by Gasteiger charge is 2.22. The van der Waals surface area contributed by atoms with Gasteiger partial charge in [-0.15, -0.1) is 24.8 Å². The average Bonchev–Trinajstić information content (AvgIpc) is 2.61. The van der Waals surface area contributed by atoms with Crippen LogP contribution in [0.4, 0.5) is 0 Å². The smallest absolute Gasteiger partial charge is 0.220 e. The highest BCUT2D eigenvalue weighted by atomic mass is 35.5. The maximum atomic E-state index is 12.4. The van der Waals surface area contributed by atoms with Gasteiger partial charge in [0.2, 0.25) is 5.91 Å². The van der Waals surface area contributed by atoms with E-state index in [1.165, 1.54) is 24.0 Å². The Kier molecular flexibility index (Phi) is 13.0. The molecule has 1 aromatic rings. The number of nitrogens with one attached hydrogen (secondary N) is 2. The molecule has 0 aromatic heterocycles. The number of carbonyl (C=O) groups is 1. The summed E-state index contributed by atoms with van der Waals surface area (Å²) in [5.41, 5.74) is 2.51. The number of benzene rings is 1. The molecule has 1 fully saturated rings. The molecule has 1 saturated heterocycles. The summed E-state index contributed by atoms with van der Waals surface area (Å²) >= 11 is 0. The van der Waals surface area contributed by atoms with Gasteiger partial charge in [-0.2, -0.15) is 0 Å². The monoisotopic (exact) mass is 417 g/mol. The van der Waals surface area contributed by atoms with Crippen molar-refractivity contribution in [2.45, 2.75) is 59.2 Å². The lowest BCUT2D eigenvalue weighted by atomic mass is 9.85. The molecular weight excluding hydrogens is 381 g/mol. The topological polar surface area (TPSA) is 44.4 Å². The lowest BCUT2D eigenvalue weighted by molar-refractivity contribution is -0.122. The van der Waals surface area contributed by atoms with Gasteiger partial charge in [0.15, 0.2) is 0 Å². The van der Waals surface area contributed by atoms with Crippen LogP contribution in [0.1, 0.15) is 51.2 Å². The average molecular weight is 418 g/mol. The molecule has 2 atom stereocenters. The first kappa shape index (κ1) is 26.2. The third kappa shape index (κ3) is 8.82. The van der Waals surface area contributed by atoms with Crippen molar-refractivity contribution < 1.29 is 4.79 Å². The minimum Gasteiger partial charge on any atom is -0.352 e. The Morgan fingerprint density at radius 1 is 1.22 bits per heavy atom. The minimum absolute atomic E-state index is 0. The molecule has 0 radical (unpaired) electrons. The van der Waals surface area contributed by atoms with Crippen molar-refractivity contribution in [3.05, 3.63) is 35.4 Å². The van der Waals surface area contributed by atoms with Crippen molar-refractivity contribution in [3.8, 4) is 0 Å². The van der Waals surface area contributed by atoms with E-state index in [-0.39, 0.29) is 30.7 Å². The fraction of sp³-hybridized carbons (Fsp3) is 0.667. The number of hydrogen-bond acceptors (Lipinski definition) is 3. The molecule has 1 amide bonds. The molecule has 0 bridgehead atoms. The summed E-state index contributed by atoms with van der Waals surface area (Å²) in [6.45, 7) is 10.3. The van der Waals surface area contributed by atoms with Crippen molar-refractivity contribution in [1.82, 2.24) is 15.5 Å². The lowest BCUT2D eigenvalue weighted by Gasteiger charge is -2.28. The number of rotatable bonds is 8. The molecule has 156 valence electrons. The van der Waals surface area contributed by atoms with Gasteiger partial charge < -0.3 is 10.6 Å². The molecule has 1 aliphatic heterocycles. The lowest BCUT2D eigenvalue weighted by Crippen LogP contribution is -2.35. The highest BCUT2D eigenvalue weighted by Crippen LogP contribution is 2.22. The summed E-state index contributed by atoms with van der Waals surface area (Å²) in [6, 6.07) is 8.92. The molecule has 0 aliphatic carbocycles. The fourth-order valence-corrected chi connectivity index (χ4v) is 3.43. The zero-order valence-corrected chi connectivity index (χ0v) is 18.8. The van der Waals surface area contributed by atoms with Gasteiger partial charge in [-0.25, -0.2) is 0 Å². The number of amides is 1. The first-order valence-electron chi connectivity index (χ1n) is 9.71. The number of nitrogens with zero attached hydrogens (tertiary/aromatic N) is 1. The zero-order chi connectivity index (χ0) is 18.2. The second-order valence-corrected chi connectivity index (χ2v) is 7.84. The number of carbonyl (C=O) groups excluding carboxylic acids is 1. The van der Waals surface area contributed by atoms with Crippen molar-refractivity contribution in [2.75, 3.05) is 20.1 Å². The first-order valence-corrected chi connectivity index (χ1v) is 9.71. The zero-order valence-electron chi connectivity index (χ0n) is 17.2. The van der Waals surface area contributed by atoms with Gasteiger partial charge in [0.05, 0.1) is 0 Å². The number of halogens is 2. The maximum Gasteiger partial charge on any atom is 0.220 e. The Balaban J connectivity index is 0.00000338. The van der Waals surface area contributed by atoms with Gasteiger partial charge in [-0.3, -0.25) is 9.69 Å². The van der Waals surface area contributed by atoms with Crippen LogP contribution in [0.15, 0.2) is 24.3 Å². The summed E-state index contributed by atoms with van der Waals surface area (Å²) < 4.78 is 0. The summed E-state index contributed by atoms with van der Waals surface area (Å²) in [6.07, 6.45) is 3.10. The van der Waals surface area contributed by atoms with Crippen LogP contribution in [0, 0.1) is 11.8 Å². The van der Waals surface area contributed by atoms with Crippen LogP contribution in [0.3, 0.4) is 0 Å². The van der Waals surface area contributed by atoms with E-state index in [9.17, 15) is 4.79 Å². The Morgan fingerprint density at radius 2 is 1.89 bits per heavy atom. The quantitative estimate of drug-likeness (QED) is 0.671. The standard InChI is InChI=1S/C21H35N3O.2ClH/c1-16(2)24(4)15-20-9-6-5-8-19(20)14-23-21(25)12-17(3)18-10-7-11-22-13-18;;/h5-6,8-9,16-18,22H,7,10-15H2,1-4H3,(H,23,25);2*1H. The third-order valence-electron chi connectivity index (χ3n) is 5.54. The van der Waals surface area contributed by atoms with E-state index in [0.717, 1.165) is 19.6 Å². The maximum absolute atomic E-state index is 12.4. The van der Waals surface area contributed by atoms with Gasteiger partial charge in [0, 0.05) is 25.6 Å². The Morgan fingerprint density at radius 3 is 2.48 bits per heavy atom. The number of hydrogen-bond donors (Lipinski definition) is 2. The predicted octanol–water partition coefficient (Wildman–Crippen LogP) is 4.01. The van der Waals surface area contributed by atoms with Crippen molar-refractivity contribution >= 4 is 30.7 Å². The molecule has 4 nitrogen and oxygen atoms in total. The van der Waals surface area contributed by atoms with Crippen LogP contribution < -0.4 is 10.6 Å². The molecule has 1 aromatic carbocycles. The number of piperidine rings is 1. The molecule has 6 heteroatoms. The van der Waals surface area contributed by atoms with E-state index in [0.29, 0.717) is 30.8 Å². The van der Waals surface area contributed by atoms with E-state index in [1.807, 2.05) is 0 Å². The Labute approximate surface area is 177 Å². The summed E-state index contributed by atoms with van der Waals surface area (Å²) in [4.78, 5) is 14.7. The third-order valence-corrected chi connectivity index (χ3v) is 5.54. The van der Waals surface area contributed by atoms with Crippen molar-refractivity contribution in [3.63, 3.8) is 0 Å². The van der Waals surface area contributed by atoms with E-state index >= 15 is 0 Å². The van der Waals surface area contributed by atoms with Crippen molar-refractivity contribution in [1.29, 1.82) is 0 Å². The SMILES string of the molecule is CC(CC(=O)NCc1ccccc1CN(C)C(C)C)C1CCCNC1.Cl.Cl. The van der Waals surface area contributed by atoms with Crippen LogP contribution >= 0.6 is 24.8 Å². The summed E-state index contributed by atoms with van der Waals surface area (Å²) in [7, 11) is 2.14. The fourth-order valence-electron chi connectivity index (χ4n) is 3.43. The highest BCUT2D eigenvalue weighted by molar-refractivity contribution is 5.85. The summed E-state index contributed by atoms with van der Waals surface area (Å²) in [5, 5.41) is 6.58. The van der Waals surface area contributed by atoms with Crippen molar-refractivity contribution in [2.24, 2.45) is 11.8 Å².